The van der Waals surface area contributed by atoms with E-state index in [4.69, 9.17) is 4.74 Å². The number of amides is 1. The van der Waals surface area contributed by atoms with Gasteiger partial charge in [-0.2, -0.15) is 0 Å². The van der Waals surface area contributed by atoms with Crippen molar-refractivity contribution >= 4 is 17.6 Å². The number of anilines is 1. The molecular formula is C17H19F3N2O3. The average Bonchev–Trinajstić information content (AvgIpc) is 2.90. The lowest BCUT2D eigenvalue weighted by molar-refractivity contribution is -0.152. The second-order valence-electron chi connectivity index (χ2n) is 7.07. The summed E-state index contributed by atoms with van der Waals surface area (Å²) in [5, 5.41) is 2.35. The van der Waals surface area contributed by atoms with Crippen molar-refractivity contribution in [3.63, 3.8) is 0 Å². The number of nitrogens with one attached hydrogen (secondary N) is 1. The van der Waals surface area contributed by atoms with E-state index in [1.807, 2.05) is 13.8 Å². The van der Waals surface area contributed by atoms with Crippen molar-refractivity contribution in [1.82, 2.24) is 4.90 Å². The molecule has 0 radical (unpaired) electrons. The Morgan fingerprint density at radius 1 is 1.28 bits per heavy atom. The molecule has 3 rings (SSSR count). The maximum Gasteiger partial charge on any atom is 0.328 e. The number of likely N-dealkylation sites (tertiary alicyclic amines) is 1. The van der Waals surface area contributed by atoms with Gasteiger partial charge in [-0.05, 0) is 11.3 Å². The van der Waals surface area contributed by atoms with Crippen molar-refractivity contribution in [2.45, 2.75) is 19.9 Å². The minimum absolute atomic E-state index is 0.0168. The largest absolute Gasteiger partial charge is 0.467 e. The first kappa shape index (κ1) is 17.6. The van der Waals surface area contributed by atoms with Gasteiger partial charge in [0.15, 0.2) is 11.6 Å². The van der Waals surface area contributed by atoms with E-state index < -0.39 is 47.6 Å². The summed E-state index contributed by atoms with van der Waals surface area (Å²) in [6, 6.07) is 0.365. The first-order chi connectivity index (χ1) is 11.7. The molecule has 8 heteroatoms. The molecule has 3 atom stereocenters. The van der Waals surface area contributed by atoms with Crippen LogP contribution in [0.25, 0.3) is 0 Å². The maximum absolute atomic E-state index is 13.6. The summed E-state index contributed by atoms with van der Waals surface area (Å²) in [5.41, 5.74) is -0.618. The van der Waals surface area contributed by atoms with E-state index in [0.29, 0.717) is 18.7 Å². The summed E-state index contributed by atoms with van der Waals surface area (Å²) >= 11 is 0. The van der Waals surface area contributed by atoms with Gasteiger partial charge in [-0.15, -0.1) is 0 Å². The van der Waals surface area contributed by atoms with Gasteiger partial charge in [-0.3, -0.25) is 4.79 Å². The minimum atomic E-state index is -1.12. The van der Waals surface area contributed by atoms with Crippen molar-refractivity contribution in [3.05, 3.63) is 29.6 Å². The fourth-order valence-electron chi connectivity index (χ4n) is 3.91. The highest BCUT2D eigenvalue weighted by Crippen LogP contribution is 2.64. The number of halogens is 3. The first-order valence-corrected chi connectivity index (χ1v) is 7.94. The van der Waals surface area contributed by atoms with E-state index in [0.717, 1.165) is 0 Å². The minimum Gasteiger partial charge on any atom is -0.467 e. The van der Waals surface area contributed by atoms with Crippen LogP contribution in [0.15, 0.2) is 12.1 Å². The van der Waals surface area contributed by atoms with E-state index in [-0.39, 0.29) is 17.3 Å². The van der Waals surface area contributed by atoms with Gasteiger partial charge >= 0.3 is 5.97 Å². The lowest BCUT2D eigenvalue weighted by atomic mass is 10.0. The summed E-state index contributed by atoms with van der Waals surface area (Å²) in [5.74, 6) is -4.05. The molecule has 1 aliphatic heterocycles. The third-order valence-corrected chi connectivity index (χ3v) is 5.39. The molecule has 5 nitrogen and oxygen atoms in total. The van der Waals surface area contributed by atoms with Crippen LogP contribution >= 0.6 is 0 Å². The highest BCUT2D eigenvalue weighted by atomic mass is 19.1. The van der Waals surface area contributed by atoms with Crippen LogP contribution in [0.1, 0.15) is 13.8 Å². The molecule has 1 saturated carbocycles. The molecule has 2 fully saturated rings. The van der Waals surface area contributed by atoms with Crippen molar-refractivity contribution in [1.29, 1.82) is 0 Å². The Hall–Kier alpha value is -2.25. The fourth-order valence-corrected chi connectivity index (χ4v) is 3.91. The van der Waals surface area contributed by atoms with Gasteiger partial charge in [0.1, 0.15) is 17.5 Å². The quantitative estimate of drug-likeness (QED) is 0.840. The van der Waals surface area contributed by atoms with Crippen LogP contribution < -0.4 is 5.32 Å². The van der Waals surface area contributed by atoms with Gasteiger partial charge in [0.25, 0.3) is 0 Å². The Balaban J connectivity index is 1.71. The molecule has 0 aromatic heterocycles. The predicted octanol–water partition coefficient (Wildman–Crippen LogP) is 2.17. The zero-order valence-electron chi connectivity index (χ0n) is 14.1. The summed E-state index contributed by atoms with van der Waals surface area (Å²) < 4.78 is 45.0. The normalized spacial score (nSPS) is 26.2. The number of piperidine rings is 1. The van der Waals surface area contributed by atoms with Gasteiger partial charge < -0.3 is 15.0 Å². The number of ether oxygens (including phenoxy) is 1. The van der Waals surface area contributed by atoms with Crippen LogP contribution in [0.4, 0.5) is 18.9 Å². The number of carbonyl (C=O) groups is 2. The number of benzene rings is 1. The summed E-state index contributed by atoms with van der Waals surface area (Å²) in [6.45, 7) is 4.04. The molecular weight excluding hydrogens is 337 g/mol. The Bertz CT molecular complexity index is 715. The molecule has 1 saturated heterocycles. The zero-order chi connectivity index (χ0) is 18.5. The Kier molecular flexibility index (Phi) is 4.17. The second-order valence-corrected chi connectivity index (χ2v) is 7.07. The standard InChI is InChI=1S/C17H19F3N2O3/c1-17(2)9-7-22(15(13(9)17)16(24)25-3)12(23)6-21-14-10(19)4-8(18)5-11(14)20/h4-5,9,13,15,21H,6-7H2,1-3H3/t9?,13?,15-/m0/s1. The molecule has 0 spiro atoms. The SMILES string of the molecule is COC(=O)[C@@H]1C2C(CN1C(=O)CNc1c(F)cc(F)cc1F)C2(C)C. The van der Waals surface area contributed by atoms with Crippen LogP contribution in [-0.2, 0) is 14.3 Å². The van der Waals surface area contributed by atoms with Gasteiger partial charge in [0.05, 0.1) is 13.7 Å². The highest BCUT2D eigenvalue weighted by molar-refractivity contribution is 5.88. The summed E-state index contributed by atoms with van der Waals surface area (Å²) in [4.78, 5) is 25.9. The monoisotopic (exact) mass is 356 g/mol. The Morgan fingerprint density at radius 3 is 2.44 bits per heavy atom. The van der Waals surface area contributed by atoms with Crippen molar-refractivity contribution < 1.29 is 27.5 Å². The molecule has 1 N–H and O–H groups in total. The van der Waals surface area contributed by atoms with Gasteiger partial charge in [-0.25, -0.2) is 18.0 Å². The topological polar surface area (TPSA) is 58.6 Å². The van der Waals surface area contributed by atoms with Crippen molar-refractivity contribution in [2.24, 2.45) is 17.3 Å². The van der Waals surface area contributed by atoms with Crippen LogP contribution in [0, 0.1) is 34.7 Å². The van der Waals surface area contributed by atoms with Crippen molar-refractivity contribution in [3.8, 4) is 0 Å². The van der Waals surface area contributed by atoms with Crippen molar-refractivity contribution in [2.75, 3.05) is 25.5 Å². The van der Waals surface area contributed by atoms with E-state index in [1.165, 1.54) is 12.0 Å². The highest BCUT2D eigenvalue weighted by Gasteiger charge is 2.69. The predicted molar refractivity (Wildman–Crippen MR) is 83.1 cm³/mol. The zero-order valence-corrected chi connectivity index (χ0v) is 14.1. The Labute approximate surface area is 143 Å². The maximum atomic E-state index is 13.6. The molecule has 1 aromatic carbocycles. The number of methoxy groups -OCH3 is 1. The molecule has 25 heavy (non-hydrogen) atoms. The second kappa shape index (κ2) is 5.93. The molecule has 2 unspecified atom stereocenters. The smallest absolute Gasteiger partial charge is 0.328 e. The lowest BCUT2D eigenvalue weighted by Gasteiger charge is -2.29. The van der Waals surface area contributed by atoms with Crippen LogP contribution in [-0.4, -0.2) is 43.0 Å². The van der Waals surface area contributed by atoms with E-state index >= 15 is 0 Å². The third-order valence-electron chi connectivity index (χ3n) is 5.39. The lowest BCUT2D eigenvalue weighted by Crippen LogP contribution is -2.47. The summed E-state index contributed by atoms with van der Waals surface area (Å²) in [7, 11) is 1.26. The number of hydrogen-bond acceptors (Lipinski definition) is 4. The molecule has 1 aromatic rings. The molecule has 1 amide bonds. The summed E-state index contributed by atoms with van der Waals surface area (Å²) in [6.07, 6.45) is 0. The number of rotatable bonds is 4. The van der Waals surface area contributed by atoms with Crippen LogP contribution in [0.5, 0.6) is 0 Å². The third kappa shape index (κ3) is 2.83. The Morgan fingerprint density at radius 2 is 1.88 bits per heavy atom. The van der Waals surface area contributed by atoms with Crippen LogP contribution in [0.2, 0.25) is 0 Å². The van der Waals surface area contributed by atoms with E-state index in [9.17, 15) is 22.8 Å². The van der Waals surface area contributed by atoms with Gasteiger partial charge in [0, 0.05) is 24.6 Å². The molecule has 1 heterocycles. The van der Waals surface area contributed by atoms with E-state index in [1.54, 1.807) is 0 Å². The number of nitrogens with zero attached hydrogens (tertiary/aromatic N) is 1. The number of esters is 1. The number of hydrogen-bond donors (Lipinski definition) is 1. The molecule has 2 aliphatic rings. The number of carbonyl (C=O) groups excluding carboxylic acids is 2. The number of fused-ring (bicyclic) bond motifs is 1. The first-order valence-electron chi connectivity index (χ1n) is 7.94. The van der Waals surface area contributed by atoms with Gasteiger partial charge in [0.2, 0.25) is 5.91 Å². The molecule has 136 valence electrons. The van der Waals surface area contributed by atoms with E-state index in [2.05, 4.69) is 5.32 Å². The molecule has 0 bridgehead atoms. The average molecular weight is 356 g/mol. The van der Waals surface area contributed by atoms with Crippen LogP contribution in [0.3, 0.4) is 0 Å². The molecule has 1 aliphatic carbocycles. The van der Waals surface area contributed by atoms with Gasteiger partial charge in [-0.1, -0.05) is 13.8 Å². The fraction of sp³-hybridized carbons (Fsp3) is 0.529.